The molecule has 0 unspecified atom stereocenters. The van der Waals surface area contributed by atoms with Crippen LogP contribution >= 0.6 is 11.8 Å². The first-order valence-electron chi connectivity index (χ1n) is 11.1. The fraction of sp³-hybridized carbons (Fsp3) is 0.304. The summed E-state index contributed by atoms with van der Waals surface area (Å²) in [6, 6.07) is 7.82. The minimum atomic E-state index is -1.62. The SMILES string of the molecule is CSc1cccc(-n2cnnc2[C@@H]2O[C@H](CO)[C@H](O)[C@H](n3cc(-c4cc(F)c(F)c(F)c4)nn3)[C@H]2O)c1. The molecule has 0 spiro atoms. The van der Waals surface area contributed by atoms with E-state index in [-0.39, 0.29) is 17.1 Å². The van der Waals surface area contributed by atoms with E-state index in [1.54, 1.807) is 4.57 Å². The van der Waals surface area contributed by atoms with Gasteiger partial charge in [0.1, 0.15) is 42.5 Å². The van der Waals surface area contributed by atoms with Crippen LogP contribution in [0.4, 0.5) is 13.2 Å². The molecule has 10 nitrogen and oxygen atoms in total. The van der Waals surface area contributed by atoms with E-state index in [1.807, 2.05) is 30.5 Å². The van der Waals surface area contributed by atoms with Gasteiger partial charge in [0.15, 0.2) is 23.3 Å². The zero-order valence-corrected chi connectivity index (χ0v) is 20.0. The normalized spacial score (nSPS) is 23.9. The van der Waals surface area contributed by atoms with Gasteiger partial charge in [-0.3, -0.25) is 4.57 Å². The van der Waals surface area contributed by atoms with Crippen molar-refractivity contribution in [2.24, 2.45) is 0 Å². The molecule has 2 aromatic heterocycles. The van der Waals surface area contributed by atoms with Gasteiger partial charge in [0.2, 0.25) is 0 Å². The molecule has 0 bridgehead atoms. The van der Waals surface area contributed by atoms with Gasteiger partial charge in [-0.2, -0.15) is 0 Å². The number of rotatable bonds is 6. The number of aliphatic hydroxyl groups is 3. The van der Waals surface area contributed by atoms with E-state index in [0.29, 0.717) is 5.69 Å². The molecule has 1 aliphatic heterocycles. The molecule has 14 heteroatoms. The van der Waals surface area contributed by atoms with E-state index < -0.39 is 54.5 Å². The van der Waals surface area contributed by atoms with Crippen molar-refractivity contribution < 1.29 is 33.2 Å². The quantitative estimate of drug-likeness (QED) is 0.251. The number of aliphatic hydroxyl groups excluding tert-OH is 3. The molecule has 1 fully saturated rings. The molecule has 0 saturated carbocycles. The second-order valence-electron chi connectivity index (χ2n) is 8.35. The Morgan fingerprint density at radius 3 is 2.51 bits per heavy atom. The number of hydrogen-bond acceptors (Lipinski definition) is 9. The fourth-order valence-electron chi connectivity index (χ4n) is 4.28. The van der Waals surface area contributed by atoms with Gasteiger partial charge in [-0.25, -0.2) is 17.9 Å². The van der Waals surface area contributed by atoms with Gasteiger partial charge in [0.05, 0.1) is 12.8 Å². The standard InChI is InChI=1S/C23H21F3N6O4S/c1-37-13-4-2-3-12(7-13)31-10-27-29-23(31)22-21(35)19(20(34)17(9-33)36-22)32-8-16(28-30-32)11-5-14(24)18(26)15(25)6-11/h2-8,10,17,19-22,33-35H,9H2,1H3/t17-,19+,20+,21-,22-/m1/s1. The second-order valence-corrected chi connectivity index (χ2v) is 9.23. The molecule has 3 N–H and O–H groups in total. The third kappa shape index (κ3) is 4.62. The van der Waals surface area contributed by atoms with Crippen LogP contribution in [0.5, 0.6) is 0 Å². The molecular formula is C23H21F3N6O4S. The highest BCUT2D eigenvalue weighted by Gasteiger charge is 2.48. The summed E-state index contributed by atoms with van der Waals surface area (Å²) in [5.41, 5.74) is 0.578. The van der Waals surface area contributed by atoms with E-state index in [4.69, 9.17) is 4.74 Å². The maximum atomic E-state index is 13.7. The lowest BCUT2D eigenvalue weighted by molar-refractivity contribution is -0.210. The summed E-state index contributed by atoms with van der Waals surface area (Å²) in [5, 5.41) is 47.9. The molecular weight excluding hydrogens is 513 g/mol. The third-order valence-corrected chi connectivity index (χ3v) is 6.87. The van der Waals surface area contributed by atoms with Crippen LogP contribution < -0.4 is 0 Å². The van der Waals surface area contributed by atoms with Gasteiger partial charge < -0.3 is 20.1 Å². The number of ether oxygens (including phenoxy) is 1. The van der Waals surface area contributed by atoms with Gasteiger partial charge in [-0.05, 0) is 36.6 Å². The van der Waals surface area contributed by atoms with Crippen molar-refractivity contribution in [3.05, 3.63) is 72.2 Å². The lowest BCUT2D eigenvalue weighted by atomic mass is 9.92. The van der Waals surface area contributed by atoms with E-state index in [2.05, 4.69) is 20.5 Å². The van der Waals surface area contributed by atoms with E-state index >= 15 is 0 Å². The smallest absolute Gasteiger partial charge is 0.194 e. The summed E-state index contributed by atoms with van der Waals surface area (Å²) in [4.78, 5) is 0.979. The zero-order valence-electron chi connectivity index (χ0n) is 19.2. The highest BCUT2D eigenvalue weighted by atomic mass is 32.2. The van der Waals surface area contributed by atoms with E-state index in [0.717, 1.165) is 21.7 Å². The van der Waals surface area contributed by atoms with Crippen molar-refractivity contribution >= 4 is 11.8 Å². The van der Waals surface area contributed by atoms with Crippen molar-refractivity contribution in [2.45, 2.75) is 35.4 Å². The number of nitrogens with zero attached hydrogens (tertiary/aromatic N) is 6. The molecule has 0 amide bonds. The average molecular weight is 535 g/mol. The van der Waals surface area contributed by atoms with Crippen LogP contribution in [0, 0.1) is 17.5 Å². The number of thioether (sulfide) groups is 1. The Hall–Kier alpha value is -3.30. The lowest BCUT2D eigenvalue weighted by Crippen LogP contribution is -2.53. The highest BCUT2D eigenvalue weighted by Crippen LogP contribution is 2.38. The molecule has 1 aliphatic rings. The topological polar surface area (TPSA) is 131 Å². The first kappa shape index (κ1) is 25.4. The van der Waals surface area contributed by atoms with Crippen LogP contribution in [-0.4, -0.2) is 76.3 Å². The summed E-state index contributed by atoms with van der Waals surface area (Å²) >= 11 is 1.54. The molecule has 5 rings (SSSR count). The third-order valence-electron chi connectivity index (χ3n) is 6.15. The Bertz CT molecular complexity index is 1400. The van der Waals surface area contributed by atoms with Gasteiger partial charge >= 0.3 is 0 Å². The molecule has 3 heterocycles. The summed E-state index contributed by atoms with van der Waals surface area (Å²) in [6.45, 7) is -0.590. The van der Waals surface area contributed by atoms with Crippen LogP contribution in [-0.2, 0) is 4.74 Å². The van der Waals surface area contributed by atoms with Crippen LogP contribution in [0.2, 0.25) is 0 Å². The van der Waals surface area contributed by atoms with Gasteiger partial charge in [-0.1, -0.05) is 11.3 Å². The fourth-order valence-corrected chi connectivity index (χ4v) is 4.74. The minimum Gasteiger partial charge on any atom is -0.394 e. The maximum Gasteiger partial charge on any atom is 0.194 e. The summed E-state index contributed by atoms with van der Waals surface area (Å²) < 4.78 is 49.4. The Labute approximate surface area is 212 Å². The van der Waals surface area contributed by atoms with Crippen LogP contribution in [0.3, 0.4) is 0 Å². The summed E-state index contributed by atoms with van der Waals surface area (Å²) in [6.07, 6.45) is -0.575. The average Bonchev–Trinajstić information content (AvgIpc) is 3.58. The molecule has 4 aromatic rings. The molecule has 194 valence electrons. The molecule has 0 aliphatic carbocycles. The molecule has 37 heavy (non-hydrogen) atoms. The molecule has 0 radical (unpaired) electrons. The number of benzene rings is 2. The Kier molecular flexibility index (Phi) is 7.00. The van der Waals surface area contributed by atoms with E-state index in [1.165, 1.54) is 24.3 Å². The predicted molar refractivity (Wildman–Crippen MR) is 124 cm³/mol. The van der Waals surface area contributed by atoms with Crippen LogP contribution in [0.1, 0.15) is 18.0 Å². The monoisotopic (exact) mass is 534 g/mol. The van der Waals surface area contributed by atoms with Crippen molar-refractivity contribution in [3.8, 4) is 16.9 Å². The second kappa shape index (κ2) is 10.2. The van der Waals surface area contributed by atoms with Gasteiger partial charge in [0.25, 0.3) is 0 Å². The van der Waals surface area contributed by atoms with Gasteiger partial charge in [-0.15, -0.1) is 27.1 Å². The molecule has 5 atom stereocenters. The Morgan fingerprint density at radius 2 is 1.81 bits per heavy atom. The zero-order chi connectivity index (χ0) is 26.3. The van der Waals surface area contributed by atoms with Crippen molar-refractivity contribution in [1.82, 2.24) is 29.8 Å². The number of hydrogen-bond donors (Lipinski definition) is 3. The molecule has 1 saturated heterocycles. The number of halogens is 3. The largest absolute Gasteiger partial charge is 0.394 e. The van der Waals surface area contributed by atoms with Crippen LogP contribution in [0.25, 0.3) is 16.9 Å². The van der Waals surface area contributed by atoms with Crippen LogP contribution in [0.15, 0.2) is 53.8 Å². The Balaban J connectivity index is 1.51. The lowest BCUT2D eigenvalue weighted by Gasteiger charge is -2.41. The number of aromatic nitrogens is 6. The highest BCUT2D eigenvalue weighted by molar-refractivity contribution is 7.98. The van der Waals surface area contributed by atoms with Crippen molar-refractivity contribution in [2.75, 3.05) is 12.9 Å². The summed E-state index contributed by atoms with van der Waals surface area (Å²) in [5.74, 6) is -4.21. The van der Waals surface area contributed by atoms with E-state index in [9.17, 15) is 28.5 Å². The molecule has 2 aromatic carbocycles. The first-order chi connectivity index (χ1) is 17.8. The van der Waals surface area contributed by atoms with Gasteiger partial charge in [0, 0.05) is 16.1 Å². The predicted octanol–water partition coefficient (Wildman–Crippen LogP) is 2.06. The van der Waals surface area contributed by atoms with Crippen molar-refractivity contribution in [1.29, 1.82) is 0 Å². The first-order valence-corrected chi connectivity index (χ1v) is 12.3. The minimum absolute atomic E-state index is 0.0298. The summed E-state index contributed by atoms with van der Waals surface area (Å²) in [7, 11) is 0. The Morgan fingerprint density at radius 1 is 1.05 bits per heavy atom. The van der Waals surface area contributed by atoms with Crippen molar-refractivity contribution in [3.63, 3.8) is 0 Å². The maximum absolute atomic E-state index is 13.7.